The number of para-hydroxylation sites is 1. The Balaban J connectivity index is 2.02. The molecule has 0 saturated heterocycles. The second kappa shape index (κ2) is 5.38. The van der Waals surface area contributed by atoms with Crippen LogP contribution in [0.2, 0.25) is 0 Å². The number of carbonyl (C=O) groups excluding carboxylic acids is 1. The van der Waals surface area contributed by atoms with Crippen LogP contribution < -0.4 is 5.32 Å². The molecular weight excluding hydrogens is 309 g/mol. The summed E-state index contributed by atoms with van der Waals surface area (Å²) in [6.07, 6.45) is -3.77. The van der Waals surface area contributed by atoms with Crippen molar-refractivity contribution >= 4 is 22.6 Å². The van der Waals surface area contributed by atoms with Crippen molar-refractivity contribution < 1.29 is 18.0 Å². The Hall–Kier alpha value is -2.90. The minimum Gasteiger partial charge on any atom is -0.317 e. The number of hydrogen-bond acceptors (Lipinski definition) is 3. The second-order valence-electron chi connectivity index (χ2n) is 4.88. The number of benzene rings is 1. The highest BCUT2D eigenvalue weighted by Crippen LogP contribution is 2.24. The number of fused-ring (bicyclic) bond motifs is 1. The van der Waals surface area contributed by atoms with Crippen LogP contribution in [0, 0.1) is 6.92 Å². The molecule has 0 aliphatic heterocycles. The fraction of sp³-hybridized carbons (Fsp3) is 0.133. The van der Waals surface area contributed by atoms with Crippen LogP contribution in [-0.4, -0.2) is 26.8 Å². The Labute approximate surface area is 128 Å². The number of alkyl halides is 3. The van der Waals surface area contributed by atoms with Crippen molar-refractivity contribution in [1.82, 2.24) is 14.8 Å². The third-order valence-electron chi connectivity index (χ3n) is 3.22. The Kier molecular flexibility index (Phi) is 3.51. The van der Waals surface area contributed by atoms with Gasteiger partial charge < -0.3 is 5.32 Å². The van der Waals surface area contributed by atoms with Crippen molar-refractivity contribution in [3.63, 3.8) is 0 Å². The van der Waals surface area contributed by atoms with Gasteiger partial charge in [-0.2, -0.15) is 18.3 Å². The molecule has 3 rings (SSSR count). The molecule has 1 amide bonds. The Morgan fingerprint density at radius 3 is 2.57 bits per heavy atom. The van der Waals surface area contributed by atoms with E-state index in [0.717, 1.165) is 5.69 Å². The third kappa shape index (κ3) is 2.87. The zero-order chi connectivity index (χ0) is 16.6. The number of amides is 1. The standard InChI is InChI=1S/C15H11F3N4O/c1-9-12-7-10(20-14(23)15(16,17)18)8-19-13(12)22(21-9)11-5-3-2-4-6-11/h2-8H,1H3,(H,20,23). The van der Waals surface area contributed by atoms with Crippen LogP contribution in [0.15, 0.2) is 42.6 Å². The predicted octanol–water partition coefficient (Wildman–Crippen LogP) is 3.23. The Morgan fingerprint density at radius 1 is 1.22 bits per heavy atom. The highest BCUT2D eigenvalue weighted by atomic mass is 19.4. The normalized spacial score (nSPS) is 11.7. The number of aromatic nitrogens is 3. The highest BCUT2D eigenvalue weighted by Gasteiger charge is 2.38. The van der Waals surface area contributed by atoms with Gasteiger partial charge in [0.2, 0.25) is 0 Å². The summed E-state index contributed by atoms with van der Waals surface area (Å²) in [7, 11) is 0. The number of carbonyl (C=O) groups is 1. The molecule has 5 nitrogen and oxygen atoms in total. The summed E-state index contributed by atoms with van der Waals surface area (Å²) in [6.45, 7) is 1.72. The first-order valence-corrected chi connectivity index (χ1v) is 6.65. The van der Waals surface area contributed by atoms with Gasteiger partial charge in [0.25, 0.3) is 0 Å². The van der Waals surface area contributed by atoms with E-state index in [1.165, 1.54) is 12.3 Å². The van der Waals surface area contributed by atoms with Gasteiger partial charge in [0.1, 0.15) is 0 Å². The smallest absolute Gasteiger partial charge is 0.317 e. The molecule has 0 aliphatic carbocycles. The molecule has 0 bridgehead atoms. The lowest BCUT2D eigenvalue weighted by Gasteiger charge is -2.08. The summed E-state index contributed by atoms with van der Waals surface area (Å²) >= 11 is 0. The molecule has 118 valence electrons. The maximum absolute atomic E-state index is 12.3. The summed E-state index contributed by atoms with van der Waals surface area (Å²) in [4.78, 5) is 15.1. The Bertz CT molecular complexity index is 872. The molecule has 23 heavy (non-hydrogen) atoms. The molecule has 2 heterocycles. The summed E-state index contributed by atoms with van der Waals surface area (Å²) < 4.78 is 38.5. The van der Waals surface area contributed by atoms with Crippen molar-refractivity contribution in [2.75, 3.05) is 5.32 Å². The van der Waals surface area contributed by atoms with Gasteiger partial charge in [-0.3, -0.25) is 4.79 Å². The maximum Gasteiger partial charge on any atom is 0.471 e. The molecule has 1 aromatic carbocycles. The van der Waals surface area contributed by atoms with Crippen LogP contribution in [0.5, 0.6) is 0 Å². The monoisotopic (exact) mass is 320 g/mol. The van der Waals surface area contributed by atoms with Crippen LogP contribution in [0.3, 0.4) is 0 Å². The molecule has 0 aliphatic rings. The van der Waals surface area contributed by atoms with Gasteiger partial charge in [-0.05, 0) is 25.1 Å². The summed E-state index contributed by atoms with van der Waals surface area (Å²) in [5, 5.41) is 6.70. The molecule has 8 heteroatoms. The van der Waals surface area contributed by atoms with Crippen LogP contribution in [0.4, 0.5) is 18.9 Å². The van der Waals surface area contributed by atoms with E-state index < -0.39 is 12.1 Å². The largest absolute Gasteiger partial charge is 0.471 e. The van der Waals surface area contributed by atoms with Crippen molar-refractivity contribution in [2.24, 2.45) is 0 Å². The lowest BCUT2D eigenvalue weighted by atomic mass is 10.2. The number of nitrogens with zero attached hydrogens (tertiary/aromatic N) is 3. The Morgan fingerprint density at radius 2 is 1.91 bits per heavy atom. The van der Waals surface area contributed by atoms with Crippen molar-refractivity contribution in [3.05, 3.63) is 48.3 Å². The predicted molar refractivity (Wildman–Crippen MR) is 78.3 cm³/mol. The number of pyridine rings is 1. The minimum absolute atomic E-state index is 0.0319. The van der Waals surface area contributed by atoms with Crippen molar-refractivity contribution in [3.8, 4) is 5.69 Å². The van der Waals surface area contributed by atoms with Gasteiger partial charge in [0.05, 0.1) is 23.3 Å². The molecule has 1 N–H and O–H groups in total. The van der Waals surface area contributed by atoms with E-state index in [0.29, 0.717) is 16.7 Å². The van der Waals surface area contributed by atoms with Gasteiger partial charge in [0, 0.05) is 5.39 Å². The van der Waals surface area contributed by atoms with Gasteiger partial charge in [-0.25, -0.2) is 9.67 Å². The SMILES string of the molecule is Cc1nn(-c2ccccc2)c2ncc(NC(=O)C(F)(F)F)cc12. The average Bonchev–Trinajstić information content (AvgIpc) is 2.84. The number of aryl methyl sites for hydroxylation is 1. The number of rotatable bonds is 2. The van der Waals surface area contributed by atoms with Gasteiger partial charge >= 0.3 is 12.1 Å². The summed E-state index contributed by atoms with van der Waals surface area (Å²) in [5.41, 5.74) is 1.85. The molecule has 0 atom stereocenters. The highest BCUT2D eigenvalue weighted by molar-refractivity contribution is 5.96. The van der Waals surface area contributed by atoms with E-state index in [9.17, 15) is 18.0 Å². The molecule has 0 spiro atoms. The van der Waals surface area contributed by atoms with Crippen LogP contribution in [-0.2, 0) is 4.79 Å². The summed E-state index contributed by atoms with van der Waals surface area (Å²) in [6, 6.07) is 10.7. The molecule has 0 unspecified atom stereocenters. The topological polar surface area (TPSA) is 59.8 Å². The lowest BCUT2D eigenvalue weighted by molar-refractivity contribution is -0.167. The van der Waals surface area contributed by atoms with Gasteiger partial charge in [-0.15, -0.1) is 0 Å². The summed E-state index contributed by atoms with van der Waals surface area (Å²) in [5.74, 6) is -2.04. The van der Waals surface area contributed by atoms with E-state index in [2.05, 4.69) is 10.1 Å². The average molecular weight is 320 g/mol. The minimum atomic E-state index is -4.95. The quantitative estimate of drug-likeness (QED) is 0.788. The number of anilines is 1. The number of halogens is 3. The van der Waals surface area contributed by atoms with Crippen LogP contribution >= 0.6 is 0 Å². The van der Waals surface area contributed by atoms with E-state index in [1.54, 1.807) is 16.9 Å². The van der Waals surface area contributed by atoms with E-state index >= 15 is 0 Å². The van der Waals surface area contributed by atoms with E-state index in [4.69, 9.17) is 0 Å². The molecule has 0 fully saturated rings. The fourth-order valence-corrected chi connectivity index (χ4v) is 2.16. The third-order valence-corrected chi connectivity index (χ3v) is 3.22. The second-order valence-corrected chi connectivity index (χ2v) is 4.88. The first-order valence-electron chi connectivity index (χ1n) is 6.65. The molecular formula is C15H11F3N4O. The van der Waals surface area contributed by atoms with Crippen molar-refractivity contribution in [2.45, 2.75) is 13.1 Å². The first-order chi connectivity index (χ1) is 10.9. The van der Waals surface area contributed by atoms with E-state index in [1.807, 2.05) is 30.3 Å². The fourth-order valence-electron chi connectivity index (χ4n) is 2.16. The van der Waals surface area contributed by atoms with Crippen LogP contribution in [0.1, 0.15) is 5.69 Å². The molecule has 3 aromatic rings. The zero-order valence-electron chi connectivity index (χ0n) is 11.9. The number of nitrogens with one attached hydrogen (secondary N) is 1. The number of hydrogen-bond donors (Lipinski definition) is 1. The van der Waals surface area contributed by atoms with Crippen LogP contribution in [0.25, 0.3) is 16.7 Å². The first kappa shape index (κ1) is 15.0. The zero-order valence-corrected chi connectivity index (χ0v) is 11.9. The van der Waals surface area contributed by atoms with Gasteiger partial charge in [-0.1, -0.05) is 18.2 Å². The van der Waals surface area contributed by atoms with Crippen molar-refractivity contribution in [1.29, 1.82) is 0 Å². The molecule has 0 radical (unpaired) electrons. The maximum atomic E-state index is 12.3. The molecule has 2 aromatic heterocycles. The van der Waals surface area contributed by atoms with Gasteiger partial charge in [0.15, 0.2) is 5.65 Å². The molecule has 0 saturated carbocycles. The van der Waals surface area contributed by atoms with E-state index in [-0.39, 0.29) is 5.69 Å². The lowest BCUT2D eigenvalue weighted by Crippen LogP contribution is -2.29.